The van der Waals surface area contributed by atoms with Gasteiger partial charge in [-0.15, -0.1) is 10.2 Å². The topological polar surface area (TPSA) is 97.6 Å². The van der Waals surface area contributed by atoms with Crippen molar-refractivity contribution in [2.45, 2.75) is 42.8 Å². The number of carbonyl (C=O) groups is 2. The van der Waals surface area contributed by atoms with Crippen LogP contribution in [0.1, 0.15) is 40.9 Å². The lowest BCUT2D eigenvalue weighted by molar-refractivity contribution is 0.0656. The van der Waals surface area contributed by atoms with Gasteiger partial charge in [0.1, 0.15) is 10.6 Å². The number of benzene rings is 1. The van der Waals surface area contributed by atoms with Crippen LogP contribution in [0.3, 0.4) is 0 Å². The highest BCUT2D eigenvalue weighted by atomic mass is 32.2. The number of fused-ring (bicyclic) bond motifs is 1. The first-order valence-corrected chi connectivity index (χ1v) is 12.0. The van der Waals surface area contributed by atoms with E-state index in [4.69, 9.17) is 9.15 Å². The number of likely N-dealkylation sites (tertiary alicyclic amines) is 1. The molecule has 1 N–H and O–H groups in total. The van der Waals surface area contributed by atoms with Gasteiger partial charge in [-0.2, -0.15) is 0 Å². The van der Waals surface area contributed by atoms with E-state index in [-0.39, 0.29) is 11.9 Å². The third kappa shape index (κ3) is 5.01. The minimum absolute atomic E-state index is 0.136. The Morgan fingerprint density at radius 1 is 1.35 bits per heavy atom. The number of aryl methyl sites for hydroxylation is 1. The molecule has 0 saturated carbocycles. The molecule has 0 spiro atoms. The summed E-state index contributed by atoms with van der Waals surface area (Å²) in [5.41, 5.74) is 1.55. The molecule has 1 unspecified atom stereocenters. The Labute approximate surface area is 188 Å². The Bertz CT molecular complexity index is 1080. The van der Waals surface area contributed by atoms with Gasteiger partial charge < -0.3 is 19.4 Å². The number of aromatic nitrogens is 2. The summed E-state index contributed by atoms with van der Waals surface area (Å²) in [6.07, 6.45) is 1.16. The van der Waals surface area contributed by atoms with Crippen LogP contribution in [-0.4, -0.2) is 52.8 Å². The zero-order valence-corrected chi connectivity index (χ0v) is 19.1. The standard InChI is InChI=1S/C21H24N4O4S2/c1-3-28-20(27)22-14-7-6-10-25(11-14)19(26)18-16(12-30-21-24-23-13(2)31-21)15-8-4-5-9-17(15)29-18/h4-5,8-9,14H,3,6-7,10-12H2,1-2H3,(H,22,27). The number of piperidine rings is 1. The number of hydrogen-bond donors (Lipinski definition) is 1. The molecule has 10 heteroatoms. The maximum Gasteiger partial charge on any atom is 0.407 e. The van der Waals surface area contributed by atoms with Crippen molar-refractivity contribution in [2.24, 2.45) is 0 Å². The van der Waals surface area contributed by atoms with Gasteiger partial charge in [0, 0.05) is 35.8 Å². The fourth-order valence-electron chi connectivity index (χ4n) is 3.65. The molecule has 31 heavy (non-hydrogen) atoms. The summed E-state index contributed by atoms with van der Waals surface area (Å²) < 4.78 is 11.8. The van der Waals surface area contributed by atoms with E-state index in [9.17, 15) is 9.59 Å². The second kappa shape index (κ2) is 9.69. The van der Waals surface area contributed by atoms with Crippen molar-refractivity contribution in [3.63, 3.8) is 0 Å². The Hall–Kier alpha value is -2.59. The maximum atomic E-state index is 13.4. The minimum atomic E-state index is -0.449. The van der Waals surface area contributed by atoms with Crippen molar-refractivity contribution >= 4 is 46.1 Å². The summed E-state index contributed by atoms with van der Waals surface area (Å²) in [6, 6.07) is 7.54. The molecule has 3 aromatic rings. The molecule has 1 aliphatic heterocycles. The number of amides is 2. The van der Waals surface area contributed by atoms with Gasteiger partial charge in [-0.25, -0.2) is 4.79 Å². The van der Waals surface area contributed by atoms with Gasteiger partial charge in [-0.1, -0.05) is 41.3 Å². The summed E-state index contributed by atoms with van der Waals surface area (Å²) >= 11 is 3.08. The fourth-order valence-corrected chi connectivity index (χ4v) is 5.49. The number of thioether (sulfide) groups is 1. The van der Waals surface area contributed by atoms with E-state index in [1.807, 2.05) is 31.2 Å². The highest BCUT2D eigenvalue weighted by Crippen LogP contribution is 2.34. The van der Waals surface area contributed by atoms with Gasteiger partial charge >= 0.3 is 6.09 Å². The average molecular weight is 461 g/mol. The van der Waals surface area contributed by atoms with E-state index >= 15 is 0 Å². The zero-order chi connectivity index (χ0) is 21.8. The lowest BCUT2D eigenvalue weighted by Gasteiger charge is -2.32. The molecule has 0 bridgehead atoms. The molecule has 1 atom stereocenters. The van der Waals surface area contributed by atoms with Crippen LogP contribution in [0, 0.1) is 6.92 Å². The van der Waals surface area contributed by atoms with Gasteiger partial charge in [0.2, 0.25) is 0 Å². The van der Waals surface area contributed by atoms with Crippen LogP contribution in [0.5, 0.6) is 0 Å². The number of furan rings is 1. The van der Waals surface area contributed by atoms with Crippen LogP contribution in [0.15, 0.2) is 33.0 Å². The highest BCUT2D eigenvalue weighted by molar-refractivity contribution is 8.00. The predicted octanol–water partition coefficient (Wildman–Crippen LogP) is 4.24. The predicted molar refractivity (Wildman–Crippen MR) is 120 cm³/mol. The number of alkyl carbamates (subject to hydrolysis) is 1. The molecule has 1 aliphatic rings. The summed E-state index contributed by atoms with van der Waals surface area (Å²) in [5, 5.41) is 12.9. The summed E-state index contributed by atoms with van der Waals surface area (Å²) in [4.78, 5) is 27.0. The number of nitrogens with one attached hydrogen (secondary N) is 1. The lowest BCUT2D eigenvalue weighted by Crippen LogP contribution is -2.49. The van der Waals surface area contributed by atoms with E-state index in [1.54, 1.807) is 23.6 Å². The highest BCUT2D eigenvalue weighted by Gasteiger charge is 2.30. The normalized spacial score (nSPS) is 16.5. The Balaban J connectivity index is 1.54. The molecule has 1 saturated heterocycles. The molecule has 2 amide bonds. The first-order valence-electron chi connectivity index (χ1n) is 10.2. The van der Waals surface area contributed by atoms with Gasteiger partial charge in [0.15, 0.2) is 10.1 Å². The molecule has 1 aromatic carbocycles. The van der Waals surface area contributed by atoms with Crippen molar-refractivity contribution in [1.29, 1.82) is 0 Å². The molecular formula is C21H24N4O4S2. The molecule has 3 heterocycles. The van der Waals surface area contributed by atoms with Crippen LogP contribution in [0.25, 0.3) is 11.0 Å². The largest absolute Gasteiger partial charge is 0.451 e. The Morgan fingerprint density at radius 3 is 2.97 bits per heavy atom. The number of carbonyl (C=O) groups excluding carboxylic acids is 2. The Morgan fingerprint density at radius 2 is 2.19 bits per heavy atom. The van der Waals surface area contributed by atoms with Gasteiger partial charge in [0.05, 0.1) is 6.61 Å². The molecular weight excluding hydrogens is 436 g/mol. The zero-order valence-electron chi connectivity index (χ0n) is 17.4. The van der Waals surface area contributed by atoms with E-state index in [0.717, 1.165) is 33.1 Å². The monoisotopic (exact) mass is 460 g/mol. The number of rotatable bonds is 6. The van der Waals surface area contributed by atoms with Crippen molar-refractivity contribution in [1.82, 2.24) is 20.4 Å². The summed E-state index contributed by atoms with van der Waals surface area (Å²) in [7, 11) is 0. The second-order valence-corrected chi connectivity index (χ2v) is 9.64. The molecule has 2 aromatic heterocycles. The van der Waals surface area contributed by atoms with Crippen LogP contribution >= 0.6 is 23.1 Å². The van der Waals surface area contributed by atoms with Crippen molar-refractivity contribution in [2.75, 3.05) is 19.7 Å². The van der Waals surface area contributed by atoms with Gasteiger partial charge in [-0.05, 0) is 32.8 Å². The van der Waals surface area contributed by atoms with Crippen molar-refractivity contribution in [3.05, 3.63) is 40.6 Å². The lowest BCUT2D eigenvalue weighted by atomic mass is 10.0. The van der Waals surface area contributed by atoms with E-state index in [0.29, 0.717) is 36.8 Å². The van der Waals surface area contributed by atoms with Crippen molar-refractivity contribution in [3.8, 4) is 0 Å². The molecule has 164 valence electrons. The van der Waals surface area contributed by atoms with Gasteiger partial charge in [0.25, 0.3) is 5.91 Å². The second-order valence-electron chi connectivity index (χ2n) is 7.24. The first-order chi connectivity index (χ1) is 15.0. The number of para-hydroxylation sites is 1. The fraction of sp³-hybridized carbons (Fsp3) is 0.429. The van der Waals surface area contributed by atoms with E-state index in [2.05, 4.69) is 15.5 Å². The third-order valence-electron chi connectivity index (χ3n) is 5.05. The molecule has 0 aliphatic carbocycles. The smallest absolute Gasteiger partial charge is 0.407 e. The third-order valence-corrected chi connectivity index (χ3v) is 7.04. The number of ether oxygens (including phenoxy) is 1. The number of hydrogen-bond acceptors (Lipinski definition) is 8. The summed E-state index contributed by atoms with van der Waals surface area (Å²) in [6.45, 7) is 5.05. The Kier molecular flexibility index (Phi) is 6.77. The average Bonchev–Trinajstić information content (AvgIpc) is 3.35. The number of nitrogens with zero attached hydrogens (tertiary/aromatic N) is 3. The van der Waals surface area contributed by atoms with E-state index < -0.39 is 6.09 Å². The SMILES string of the molecule is CCOC(=O)NC1CCCN(C(=O)c2oc3ccccc3c2CSc2nnc(C)s2)C1. The molecule has 0 radical (unpaired) electrons. The van der Waals surface area contributed by atoms with Gasteiger partial charge in [-0.3, -0.25) is 4.79 Å². The van der Waals surface area contributed by atoms with Crippen molar-refractivity contribution < 1.29 is 18.7 Å². The van der Waals surface area contributed by atoms with E-state index in [1.165, 1.54) is 11.3 Å². The molecule has 1 fully saturated rings. The molecule has 8 nitrogen and oxygen atoms in total. The van der Waals surface area contributed by atoms with Crippen LogP contribution in [-0.2, 0) is 10.5 Å². The maximum absolute atomic E-state index is 13.4. The molecule has 4 rings (SSSR count). The van der Waals surface area contributed by atoms with Crippen LogP contribution in [0.2, 0.25) is 0 Å². The summed E-state index contributed by atoms with van der Waals surface area (Å²) in [5.74, 6) is 0.757. The quantitative estimate of drug-likeness (QED) is 0.550. The minimum Gasteiger partial charge on any atom is -0.451 e. The van der Waals surface area contributed by atoms with Crippen LogP contribution in [0.4, 0.5) is 4.79 Å². The first kappa shape index (κ1) is 21.6. The van der Waals surface area contributed by atoms with Crippen LogP contribution < -0.4 is 5.32 Å².